The Kier molecular flexibility index (Phi) is 0.472. The first-order chi connectivity index (χ1) is 3.95. The minimum absolute atomic E-state index is 0.721. The number of rotatable bonds is 0. The summed E-state index contributed by atoms with van der Waals surface area (Å²) in [7, 11) is 0. The van der Waals surface area contributed by atoms with Gasteiger partial charge in [-0.3, -0.25) is 0 Å². The molecule has 8 heavy (non-hydrogen) atoms. The zero-order chi connectivity index (χ0) is 5.14. The smallest absolute Gasteiger partial charge is 0.0872 e. The van der Waals surface area contributed by atoms with E-state index in [1.807, 2.05) is 0 Å². The quantitative estimate of drug-likeness (QED) is 0.427. The van der Waals surface area contributed by atoms with E-state index in [9.17, 15) is 0 Å². The number of fused-ring (bicyclic) bond motifs is 3. The van der Waals surface area contributed by atoms with Gasteiger partial charge in [-0.1, -0.05) is 0 Å². The van der Waals surface area contributed by atoms with E-state index in [2.05, 4.69) is 0 Å². The van der Waals surface area contributed by atoms with Crippen LogP contribution in [0.4, 0.5) is 0 Å². The molecule has 1 aliphatic heterocycles. The predicted octanol–water partition coefficient (Wildman–Crippen LogP) is 1.18. The molecule has 1 saturated heterocycles. The molecule has 1 heteroatoms. The second-order valence-electron chi connectivity index (χ2n) is 3.38. The molecule has 3 aliphatic rings. The molecule has 44 valence electrons. The maximum absolute atomic E-state index is 5.43. The molecule has 0 spiro atoms. The van der Waals surface area contributed by atoms with Crippen molar-refractivity contribution < 1.29 is 4.74 Å². The van der Waals surface area contributed by atoms with E-state index in [4.69, 9.17) is 4.74 Å². The fourth-order valence-corrected chi connectivity index (χ4v) is 2.15. The lowest BCUT2D eigenvalue weighted by Gasteiger charge is -1.99. The van der Waals surface area contributed by atoms with E-state index in [-0.39, 0.29) is 0 Å². The van der Waals surface area contributed by atoms with E-state index in [0.717, 1.165) is 24.0 Å². The van der Waals surface area contributed by atoms with Gasteiger partial charge in [0.05, 0.1) is 12.2 Å². The Morgan fingerprint density at radius 1 is 1.25 bits per heavy atom. The van der Waals surface area contributed by atoms with Crippen molar-refractivity contribution in [3.8, 4) is 0 Å². The van der Waals surface area contributed by atoms with Crippen molar-refractivity contribution in [1.82, 2.24) is 0 Å². The van der Waals surface area contributed by atoms with Gasteiger partial charge in [-0.2, -0.15) is 0 Å². The van der Waals surface area contributed by atoms with Crippen LogP contribution in [-0.2, 0) is 4.74 Å². The van der Waals surface area contributed by atoms with Crippen molar-refractivity contribution in [3.63, 3.8) is 0 Å². The highest BCUT2D eigenvalue weighted by Crippen LogP contribution is 2.57. The molecule has 0 aromatic rings. The zero-order valence-electron chi connectivity index (χ0n) is 4.84. The molecule has 0 N–H and O–H groups in total. The number of hydrogen-bond acceptors (Lipinski definition) is 1. The first kappa shape index (κ1) is 3.89. The standard InChI is InChI=1S/C7H10O/c1-2-6-7(8-6)5-3-4(1)5/h4-7H,1-3H2/t4-,5+,6+,7-/m1/s1. The number of ether oxygens (including phenoxy) is 1. The van der Waals surface area contributed by atoms with E-state index in [0.29, 0.717) is 0 Å². The van der Waals surface area contributed by atoms with Gasteiger partial charge in [0.15, 0.2) is 0 Å². The summed E-state index contributed by atoms with van der Waals surface area (Å²) in [6, 6.07) is 0. The maximum atomic E-state index is 5.43. The highest BCUT2D eigenvalue weighted by Gasteiger charge is 2.58. The minimum Gasteiger partial charge on any atom is -0.369 e. The van der Waals surface area contributed by atoms with Gasteiger partial charge in [0.1, 0.15) is 0 Å². The van der Waals surface area contributed by atoms with Crippen molar-refractivity contribution in [2.75, 3.05) is 0 Å². The van der Waals surface area contributed by atoms with Crippen LogP contribution in [0.1, 0.15) is 19.3 Å². The van der Waals surface area contributed by atoms with Crippen LogP contribution in [0.2, 0.25) is 0 Å². The largest absolute Gasteiger partial charge is 0.369 e. The van der Waals surface area contributed by atoms with Crippen LogP contribution >= 0.6 is 0 Å². The summed E-state index contributed by atoms with van der Waals surface area (Å²) < 4.78 is 5.43. The Balaban J connectivity index is 1.89. The summed E-state index contributed by atoms with van der Waals surface area (Å²) in [6.07, 6.45) is 5.78. The van der Waals surface area contributed by atoms with Crippen molar-refractivity contribution in [3.05, 3.63) is 0 Å². The molecule has 1 nitrogen and oxygen atoms in total. The Morgan fingerprint density at radius 2 is 2.25 bits per heavy atom. The number of hydrogen-bond donors (Lipinski definition) is 0. The van der Waals surface area contributed by atoms with Crippen LogP contribution in [0, 0.1) is 11.8 Å². The lowest BCUT2D eigenvalue weighted by molar-refractivity contribution is 0.360. The van der Waals surface area contributed by atoms with Gasteiger partial charge in [-0.25, -0.2) is 0 Å². The molecule has 3 rings (SSSR count). The van der Waals surface area contributed by atoms with Crippen LogP contribution in [0.5, 0.6) is 0 Å². The average molecular weight is 110 g/mol. The molecule has 0 aromatic carbocycles. The van der Waals surface area contributed by atoms with Crippen LogP contribution in [0.15, 0.2) is 0 Å². The van der Waals surface area contributed by atoms with Crippen LogP contribution < -0.4 is 0 Å². The fraction of sp³-hybridized carbons (Fsp3) is 1.00. The Labute approximate surface area is 49.0 Å². The molecule has 0 bridgehead atoms. The van der Waals surface area contributed by atoms with E-state index in [1.54, 1.807) is 0 Å². The highest BCUT2D eigenvalue weighted by molar-refractivity contribution is 5.06. The van der Waals surface area contributed by atoms with Crippen LogP contribution in [-0.4, -0.2) is 12.2 Å². The summed E-state index contributed by atoms with van der Waals surface area (Å²) in [4.78, 5) is 0. The Bertz CT molecular complexity index is 116. The SMILES string of the molecule is C1C[C@@H]2O[C@@H]2[C@H]2C[C@@H]12. The first-order valence-corrected chi connectivity index (χ1v) is 3.60. The van der Waals surface area contributed by atoms with Gasteiger partial charge in [0, 0.05) is 0 Å². The third-order valence-corrected chi connectivity index (χ3v) is 2.84. The molecule has 2 saturated carbocycles. The summed E-state index contributed by atoms with van der Waals surface area (Å²) >= 11 is 0. The topological polar surface area (TPSA) is 12.5 Å². The molecule has 0 aromatic heterocycles. The maximum Gasteiger partial charge on any atom is 0.0872 e. The molecular weight excluding hydrogens is 100 g/mol. The lowest BCUT2D eigenvalue weighted by atomic mass is 10.0. The van der Waals surface area contributed by atoms with Crippen molar-refractivity contribution in [2.24, 2.45) is 11.8 Å². The van der Waals surface area contributed by atoms with Gasteiger partial charge >= 0.3 is 0 Å². The van der Waals surface area contributed by atoms with E-state index < -0.39 is 0 Å². The minimum atomic E-state index is 0.721. The number of epoxide rings is 1. The Morgan fingerprint density at radius 3 is 3.12 bits per heavy atom. The third kappa shape index (κ3) is 0.334. The second kappa shape index (κ2) is 0.971. The molecule has 0 unspecified atom stereocenters. The third-order valence-electron chi connectivity index (χ3n) is 2.84. The van der Waals surface area contributed by atoms with Crippen molar-refractivity contribution in [2.45, 2.75) is 31.5 Å². The second-order valence-corrected chi connectivity index (χ2v) is 3.38. The Hall–Kier alpha value is -0.0400. The van der Waals surface area contributed by atoms with E-state index in [1.165, 1.54) is 19.3 Å². The van der Waals surface area contributed by atoms with Gasteiger partial charge < -0.3 is 4.74 Å². The molecule has 2 aliphatic carbocycles. The molecule has 4 atom stereocenters. The molecule has 0 amide bonds. The molecule has 1 heterocycles. The highest BCUT2D eigenvalue weighted by atomic mass is 16.6. The molecular formula is C7H10O. The molecule has 0 radical (unpaired) electrons. The van der Waals surface area contributed by atoms with Crippen LogP contribution in [0.3, 0.4) is 0 Å². The predicted molar refractivity (Wildman–Crippen MR) is 29.5 cm³/mol. The average Bonchev–Trinajstić information content (AvgIpc) is 2.59. The monoisotopic (exact) mass is 110 g/mol. The first-order valence-electron chi connectivity index (χ1n) is 3.60. The normalized spacial score (nSPS) is 66.0. The summed E-state index contributed by atoms with van der Waals surface area (Å²) in [6.45, 7) is 0. The van der Waals surface area contributed by atoms with Gasteiger partial charge in [0.2, 0.25) is 0 Å². The zero-order valence-corrected chi connectivity index (χ0v) is 4.84. The van der Waals surface area contributed by atoms with Gasteiger partial charge in [-0.15, -0.1) is 0 Å². The van der Waals surface area contributed by atoms with E-state index >= 15 is 0 Å². The molecule has 3 fully saturated rings. The van der Waals surface area contributed by atoms with Crippen LogP contribution in [0.25, 0.3) is 0 Å². The summed E-state index contributed by atoms with van der Waals surface area (Å²) in [5.41, 5.74) is 0. The summed E-state index contributed by atoms with van der Waals surface area (Å²) in [5.74, 6) is 2.12. The van der Waals surface area contributed by atoms with Crippen molar-refractivity contribution in [1.29, 1.82) is 0 Å². The fourth-order valence-electron chi connectivity index (χ4n) is 2.15. The summed E-state index contributed by atoms with van der Waals surface area (Å²) in [5, 5.41) is 0. The van der Waals surface area contributed by atoms with Crippen molar-refractivity contribution >= 4 is 0 Å². The lowest BCUT2D eigenvalue weighted by Crippen LogP contribution is -2.04. The van der Waals surface area contributed by atoms with Gasteiger partial charge in [-0.05, 0) is 31.1 Å². The van der Waals surface area contributed by atoms with Gasteiger partial charge in [0.25, 0.3) is 0 Å².